The molecule has 0 aliphatic carbocycles. The number of anilines is 1. The lowest BCUT2D eigenvalue weighted by atomic mass is 10.2. The molecule has 8 nitrogen and oxygen atoms in total. The van der Waals surface area contributed by atoms with Gasteiger partial charge in [-0.3, -0.25) is 15.2 Å². The highest BCUT2D eigenvalue weighted by atomic mass is 32.1. The molecule has 0 aliphatic heterocycles. The summed E-state index contributed by atoms with van der Waals surface area (Å²) < 4.78 is 0.814. The van der Waals surface area contributed by atoms with Gasteiger partial charge in [0, 0.05) is 13.0 Å². The van der Waals surface area contributed by atoms with Crippen LogP contribution < -0.4 is 5.32 Å². The standard InChI is InChI=1S/C12H12N6O2S/c19-18(20)12-8(3-4-9-11(12)15-7-21-9)13-5-1-2-10-14-6-16-17-10/h3-4,6-7,13H,1-2,5H2,(H,14,16,17). The van der Waals surface area contributed by atoms with E-state index in [0.29, 0.717) is 17.7 Å². The minimum Gasteiger partial charge on any atom is -0.379 e. The van der Waals surface area contributed by atoms with Gasteiger partial charge in [-0.15, -0.1) is 11.3 Å². The van der Waals surface area contributed by atoms with Crippen LogP contribution in [-0.4, -0.2) is 31.6 Å². The first kappa shape index (κ1) is 13.4. The number of hydrogen-bond acceptors (Lipinski definition) is 7. The Morgan fingerprint density at radius 1 is 1.38 bits per heavy atom. The van der Waals surface area contributed by atoms with Crippen molar-refractivity contribution in [3.8, 4) is 0 Å². The number of aromatic amines is 1. The Labute approximate surface area is 123 Å². The van der Waals surface area contributed by atoms with Crippen molar-refractivity contribution in [3.05, 3.63) is 39.9 Å². The number of nitro benzene ring substituents is 1. The summed E-state index contributed by atoms with van der Waals surface area (Å²) in [4.78, 5) is 19.0. The van der Waals surface area contributed by atoms with Gasteiger partial charge in [0.15, 0.2) is 5.52 Å². The average Bonchev–Trinajstić information content (AvgIpc) is 3.13. The topological polar surface area (TPSA) is 110 Å². The normalized spacial score (nSPS) is 10.9. The van der Waals surface area contributed by atoms with Crippen molar-refractivity contribution in [2.45, 2.75) is 12.8 Å². The molecular formula is C12H12N6O2S. The number of rotatable bonds is 6. The van der Waals surface area contributed by atoms with Crippen molar-refractivity contribution in [3.63, 3.8) is 0 Å². The van der Waals surface area contributed by atoms with Crippen molar-refractivity contribution in [2.24, 2.45) is 0 Å². The molecule has 108 valence electrons. The second-order valence-corrected chi connectivity index (χ2v) is 5.27. The Hall–Kier alpha value is -2.55. The quantitative estimate of drug-likeness (QED) is 0.411. The van der Waals surface area contributed by atoms with Gasteiger partial charge in [0.05, 0.1) is 15.1 Å². The minimum atomic E-state index is -0.388. The summed E-state index contributed by atoms with van der Waals surface area (Å²) in [5.74, 6) is 0.807. The van der Waals surface area contributed by atoms with Crippen LogP contribution in [0.3, 0.4) is 0 Å². The van der Waals surface area contributed by atoms with Crippen LogP contribution in [0.2, 0.25) is 0 Å². The number of aryl methyl sites for hydroxylation is 1. The number of H-pyrrole nitrogens is 1. The number of nitro groups is 1. The second-order valence-electron chi connectivity index (χ2n) is 4.38. The number of benzene rings is 1. The van der Waals surface area contributed by atoms with E-state index in [1.807, 2.05) is 6.07 Å². The zero-order valence-corrected chi connectivity index (χ0v) is 11.8. The Bertz CT molecular complexity index is 754. The van der Waals surface area contributed by atoms with Gasteiger partial charge in [0.2, 0.25) is 0 Å². The van der Waals surface area contributed by atoms with E-state index >= 15 is 0 Å². The molecule has 0 fully saturated rings. The summed E-state index contributed by atoms with van der Waals surface area (Å²) in [5.41, 5.74) is 2.58. The molecule has 2 heterocycles. The van der Waals surface area contributed by atoms with E-state index in [4.69, 9.17) is 0 Å². The summed E-state index contributed by atoms with van der Waals surface area (Å²) in [5, 5.41) is 20.9. The third-order valence-electron chi connectivity index (χ3n) is 3.03. The molecule has 0 radical (unpaired) electrons. The van der Waals surface area contributed by atoms with Gasteiger partial charge in [-0.25, -0.2) is 9.97 Å². The van der Waals surface area contributed by atoms with Crippen molar-refractivity contribution < 1.29 is 4.92 Å². The van der Waals surface area contributed by atoms with Crippen LogP contribution in [0.25, 0.3) is 10.2 Å². The first-order valence-corrected chi connectivity index (χ1v) is 7.22. The fraction of sp³-hybridized carbons (Fsp3) is 0.250. The fourth-order valence-electron chi connectivity index (χ4n) is 2.07. The first-order chi connectivity index (χ1) is 10.3. The predicted octanol–water partition coefficient (Wildman–Crippen LogP) is 2.37. The van der Waals surface area contributed by atoms with E-state index in [2.05, 4.69) is 25.5 Å². The Balaban J connectivity index is 1.71. The molecular weight excluding hydrogens is 292 g/mol. The molecule has 1 aromatic carbocycles. The first-order valence-electron chi connectivity index (χ1n) is 6.34. The Kier molecular flexibility index (Phi) is 3.73. The molecule has 0 atom stereocenters. The SMILES string of the molecule is O=[N+]([O-])c1c(NCCCc2ncn[nH]2)ccc2scnc12. The summed E-state index contributed by atoms with van der Waals surface area (Å²) in [6, 6.07) is 3.58. The van der Waals surface area contributed by atoms with Crippen LogP contribution in [-0.2, 0) is 6.42 Å². The number of nitrogens with zero attached hydrogens (tertiary/aromatic N) is 4. The molecule has 0 unspecified atom stereocenters. The lowest BCUT2D eigenvalue weighted by Gasteiger charge is -2.06. The van der Waals surface area contributed by atoms with Crippen LogP contribution >= 0.6 is 11.3 Å². The lowest BCUT2D eigenvalue weighted by molar-refractivity contribution is -0.382. The molecule has 0 spiro atoms. The van der Waals surface area contributed by atoms with E-state index < -0.39 is 0 Å². The van der Waals surface area contributed by atoms with Crippen LogP contribution in [0.4, 0.5) is 11.4 Å². The van der Waals surface area contributed by atoms with Crippen molar-refractivity contribution in [1.82, 2.24) is 20.2 Å². The van der Waals surface area contributed by atoms with Crippen LogP contribution in [0.15, 0.2) is 24.0 Å². The molecule has 2 aromatic heterocycles. The summed E-state index contributed by atoms with van der Waals surface area (Å²) >= 11 is 1.39. The zero-order chi connectivity index (χ0) is 14.7. The summed E-state index contributed by atoms with van der Waals surface area (Å²) in [7, 11) is 0. The highest BCUT2D eigenvalue weighted by Gasteiger charge is 2.20. The number of aromatic nitrogens is 4. The van der Waals surface area contributed by atoms with Crippen LogP contribution in [0, 0.1) is 10.1 Å². The van der Waals surface area contributed by atoms with Gasteiger partial charge in [0.1, 0.15) is 17.8 Å². The van der Waals surface area contributed by atoms with E-state index in [1.165, 1.54) is 17.7 Å². The summed E-state index contributed by atoms with van der Waals surface area (Å²) in [6.45, 7) is 0.608. The van der Waals surface area contributed by atoms with E-state index in [9.17, 15) is 10.1 Å². The van der Waals surface area contributed by atoms with Crippen LogP contribution in [0.1, 0.15) is 12.2 Å². The molecule has 2 N–H and O–H groups in total. The molecule has 3 rings (SSSR count). The molecule has 0 bridgehead atoms. The number of nitrogens with one attached hydrogen (secondary N) is 2. The molecule has 0 aliphatic rings. The maximum Gasteiger partial charge on any atom is 0.319 e. The fourth-order valence-corrected chi connectivity index (χ4v) is 2.75. The third kappa shape index (κ3) is 2.82. The average molecular weight is 304 g/mol. The van der Waals surface area contributed by atoms with Gasteiger partial charge in [-0.1, -0.05) is 0 Å². The number of thiazole rings is 1. The van der Waals surface area contributed by atoms with Gasteiger partial charge in [-0.2, -0.15) is 5.10 Å². The van der Waals surface area contributed by atoms with Crippen molar-refractivity contribution in [1.29, 1.82) is 0 Å². The summed E-state index contributed by atoms with van der Waals surface area (Å²) in [6.07, 6.45) is 2.99. The van der Waals surface area contributed by atoms with E-state index in [-0.39, 0.29) is 10.6 Å². The smallest absolute Gasteiger partial charge is 0.319 e. The monoisotopic (exact) mass is 304 g/mol. The van der Waals surface area contributed by atoms with Crippen molar-refractivity contribution >= 4 is 32.9 Å². The Morgan fingerprint density at radius 3 is 3.05 bits per heavy atom. The molecule has 3 aromatic rings. The molecule has 9 heteroatoms. The van der Waals surface area contributed by atoms with Crippen molar-refractivity contribution in [2.75, 3.05) is 11.9 Å². The van der Waals surface area contributed by atoms with E-state index in [1.54, 1.807) is 11.6 Å². The minimum absolute atomic E-state index is 0.0356. The van der Waals surface area contributed by atoms with Gasteiger partial charge < -0.3 is 5.32 Å². The van der Waals surface area contributed by atoms with E-state index in [0.717, 1.165) is 23.4 Å². The zero-order valence-electron chi connectivity index (χ0n) is 10.9. The second kappa shape index (κ2) is 5.83. The third-order valence-corrected chi connectivity index (χ3v) is 3.82. The maximum absolute atomic E-state index is 11.3. The number of hydrogen-bond donors (Lipinski definition) is 2. The largest absolute Gasteiger partial charge is 0.379 e. The molecule has 21 heavy (non-hydrogen) atoms. The van der Waals surface area contributed by atoms with Crippen LogP contribution in [0.5, 0.6) is 0 Å². The number of fused-ring (bicyclic) bond motifs is 1. The molecule has 0 saturated carbocycles. The predicted molar refractivity (Wildman–Crippen MR) is 79.5 cm³/mol. The maximum atomic E-state index is 11.3. The Morgan fingerprint density at radius 2 is 2.29 bits per heavy atom. The highest BCUT2D eigenvalue weighted by Crippen LogP contribution is 2.34. The lowest BCUT2D eigenvalue weighted by Crippen LogP contribution is -2.06. The molecule has 0 amide bonds. The highest BCUT2D eigenvalue weighted by molar-refractivity contribution is 7.16. The van der Waals surface area contributed by atoms with Gasteiger partial charge in [0.25, 0.3) is 0 Å². The van der Waals surface area contributed by atoms with Gasteiger partial charge >= 0.3 is 5.69 Å². The van der Waals surface area contributed by atoms with Gasteiger partial charge in [-0.05, 0) is 18.6 Å². The molecule has 0 saturated heterocycles.